The minimum atomic E-state index is -0.0839. The smallest absolute Gasteiger partial charge is 0.285 e. The predicted octanol–water partition coefficient (Wildman–Crippen LogP) is 3.00. The highest BCUT2D eigenvalue weighted by Gasteiger charge is 2.10. The van der Waals surface area contributed by atoms with Gasteiger partial charge in [-0.15, -0.1) is 0 Å². The van der Waals surface area contributed by atoms with Crippen molar-refractivity contribution in [1.82, 2.24) is 9.78 Å². The molecule has 2 rings (SSSR count). The number of H-pyrrole nitrogens is 1. The summed E-state index contributed by atoms with van der Waals surface area (Å²) >= 11 is 6.65. The topological polar surface area (TPSA) is 37.8 Å². The van der Waals surface area contributed by atoms with Crippen LogP contribution in [0.15, 0.2) is 38.0 Å². The highest BCUT2D eigenvalue weighted by Crippen LogP contribution is 2.20. The van der Waals surface area contributed by atoms with Crippen molar-refractivity contribution in [1.29, 1.82) is 0 Å². The lowest BCUT2D eigenvalue weighted by molar-refractivity contribution is 0.831. The molecule has 5 heteroatoms. The molecule has 0 unspecified atom stereocenters. The highest BCUT2D eigenvalue weighted by molar-refractivity contribution is 9.10. The summed E-state index contributed by atoms with van der Waals surface area (Å²) in [4.78, 5) is 11.8. The highest BCUT2D eigenvalue weighted by atomic mass is 79.9. The maximum absolute atomic E-state index is 11.8. The Morgan fingerprint density at radius 1 is 1.27 bits per heavy atom. The molecule has 0 aliphatic carbocycles. The van der Waals surface area contributed by atoms with Crippen LogP contribution in [-0.2, 0) is 0 Å². The normalized spacial score (nSPS) is 10.6. The van der Waals surface area contributed by atoms with Crippen LogP contribution in [0.25, 0.3) is 5.69 Å². The van der Waals surface area contributed by atoms with Crippen molar-refractivity contribution >= 4 is 31.9 Å². The van der Waals surface area contributed by atoms with Crippen LogP contribution in [0.4, 0.5) is 0 Å². The first-order chi connectivity index (χ1) is 7.11. The molecule has 1 aromatic carbocycles. The number of hydrogen-bond acceptors (Lipinski definition) is 1. The number of halogens is 2. The van der Waals surface area contributed by atoms with Gasteiger partial charge in [0.2, 0.25) is 0 Å². The second-order valence-electron chi connectivity index (χ2n) is 3.14. The number of hydrogen-bond donors (Lipinski definition) is 1. The molecule has 0 atom stereocenters. The van der Waals surface area contributed by atoms with E-state index in [1.807, 2.05) is 31.2 Å². The molecule has 0 saturated heterocycles. The predicted molar refractivity (Wildman–Crippen MR) is 66.5 cm³/mol. The summed E-state index contributed by atoms with van der Waals surface area (Å²) in [5.74, 6) is 0. The van der Waals surface area contributed by atoms with Crippen LogP contribution in [0.2, 0.25) is 0 Å². The van der Waals surface area contributed by atoms with Crippen molar-refractivity contribution < 1.29 is 0 Å². The Hall–Kier alpha value is -0.810. The van der Waals surface area contributed by atoms with Crippen molar-refractivity contribution in [2.24, 2.45) is 0 Å². The summed E-state index contributed by atoms with van der Waals surface area (Å²) < 4.78 is 2.95. The molecule has 0 saturated carbocycles. The fourth-order valence-corrected chi connectivity index (χ4v) is 2.06. The minimum Gasteiger partial charge on any atom is -0.294 e. The molecule has 0 aliphatic rings. The van der Waals surface area contributed by atoms with Gasteiger partial charge >= 0.3 is 0 Å². The summed E-state index contributed by atoms with van der Waals surface area (Å²) in [6.07, 6.45) is 0. The van der Waals surface area contributed by atoms with Gasteiger partial charge < -0.3 is 0 Å². The lowest BCUT2D eigenvalue weighted by Crippen LogP contribution is -2.15. The molecule has 15 heavy (non-hydrogen) atoms. The average molecular weight is 332 g/mol. The van der Waals surface area contributed by atoms with Crippen LogP contribution in [0.1, 0.15) is 5.69 Å². The molecule has 0 radical (unpaired) electrons. The molecule has 0 aliphatic heterocycles. The van der Waals surface area contributed by atoms with Crippen LogP contribution < -0.4 is 5.56 Å². The van der Waals surface area contributed by atoms with E-state index in [1.165, 1.54) is 4.68 Å². The molecule has 3 nitrogen and oxygen atoms in total. The fraction of sp³-hybridized carbons (Fsp3) is 0.100. The molecule has 0 fully saturated rings. The van der Waals surface area contributed by atoms with Crippen molar-refractivity contribution in [3.05, 3.63) is 49.3 Å². The zero-order valence-electron chi connectivity index (χ0n) is 7.92. The minimum absolute atomic E-state index is 0.0839. The van der Waals surface area contributed by atoms with E-state index in [-0.39, 0.29) is 5.56 Å². The van der Waals surface area contributed by atoms with Gasteiger partial charge in [-0.2, -0.15) is 0 Å². The number of nitrogens with one attached hydrogen (secondary N) is 1. The Morgan fingerprint density at radius 2 is 1.93 bits per heavy atom. The molecule has 1 heterocycles. The van der Waals surface area contributed by atoms with Crippen molar-refractivity contribution in [3.8, 4) is 5.69 Å². The molecule has 78 valence electrons. The average Bonchev–Trinajstić information content (AvgIpc) is 2.47. The van der Waals surface area contributed by atoms with E-state index in [9.17, 15) is 4.79 Å². The van der Waals surface area contributed by atoms with Gasteiger partial charge in [0.05, 0.1) is 5.69 Å². The summed E-state index contributed by atoms with van der Waals surface area (Å²) in [6, 6.07) is 7.56. The molecular formula is C10H8Br2N2O. The lowest BCUT2D eigenvalue weighted by Gasteiger charge is -2.03. The first-order valence-corrected chi connectivity index (χ1v) is 5.92. The summed E-state index contributed by atoms with van der Waals surface area (Å²) in [5.41, 5.74) is 1.53. The van der Waals surface area contributed by atoms with Crippen LogP contribution in [0, 0.1) is 6.92 Å². The van der Waals surface area contributed by atoms with E-state index >= 15 is 0 Å². The standard InChI is InChI=1S/C10H8Br2N2O/c1-6-9(12)10(15)14(13-6)8-5-3-2-4-7(8)11/h2-5,13H,1H3. The molecule has 0 amide bonds. The molecule has 0 bridgehead atoms. The zero-order chi connectivity index (χ0) is 11.0. The molecular weight excluding hydrogens is 324 g/mol. The number of aryl methyl sites for hydroxylation is 1. The molecule has 1 aromatic heterocycles. The molecule has 0 spiro atoms. The van der Waals surface area contributed by atoms with Crippen LogP contribution in [0.3, 0.4) is 0 Å². The van der Waals surface area contributed by atoms with Gasteiger partial charge in [0, 0.05) is 10.2 Å². The van der Waals surface area contributed by atoms with E-state index in [4.69, 9.17) is 0 Å². The second kappa shape index (κ2) is 3.98. The number of benzene rings is 1. The molecule has 1 N–H and O–H groups in total. The monoisotopic (exact) mass is 330 g/mol. The van der Waals surface area contributed by atoms with Gasteiger partial charge in [0.15, 0.2) is 0 Å². The maximum atomic E-state index is 11.8. The van der Waals surface area contributed by atoms with Crippen LogP contribution >= 0.6 is 31.9 Å². The second-order valence-corrected chi connectivity index (χ2v) is 4.79. The van der Waals surface area contributed by atoms with E-state index in [2.05, 4.69) is 37.0 Å². The Labute approximate surface area is 103 Å². The van der Waals surface area contributed by atoms with Crippen LogP contribution in [0.5, 0.6) is 0 Å². The third-order valence-electron chi connectivity index (χ3n) is 2.09. The van der Waals surface area contributed by atoms with E-state index in [0.717, 1.165) is 15.9 Å². The first kappa shape index (κ1) is 10.7. The fourth-order valence-electron chi connectivity index (χ4n) is 1.33. The third-order valence-corrected chi connectivity index (χ3v) is 3.70. The zero-order valence-corrected chi connectivity index (χ0v) is 11.1. The first-order valence-electron chi connectivity index (χ1n) is 4.33. The van der Waals surface area contributed by atoms with Crippen LogP contribution in [-0.4, -0.2) is 9.78 Å². The Kier molecular flexibility index (Phi) is 2.84. The van der Waals surface area contributed by atoms with E-state index in [0.29, 0.717) is 4.47 Å². The maximum Gasteiger partial charge on any atom is 0.285 e. The number of aromatic nitrogens is 2. The van der Waals surface area contributed by atoms with Crippen molar-refractivity contribution in [2.75, 3.05) is 0 Å². The number of rotatable bonds is 1. The van der Waals surface area contributed by atoms with Gasteiger partial charge in [0.25, 0.3) is 5.56 Å². The quantitative estimate of drug-likeness (QED) is 0.857. The van der Waals surface area contributed by atoms with Gasteiger partial charge in [-0.25, -0.2) is 4.68 Å². The lowest BCUT2D eigenvalue weighted by atomic mass is 10.3. The van der Waals surface area contributed by atoms with Crippen molar-refractivity contribution in [2.45, 2.75) is 6.92 Å². The SMILES string of the molecule is Cc1[nH]n(-c2ccccc2Br)c(=O)c1Br. The Bertz CT molecular complexity index is 557. The summed E-state index contributed by atoms with van der Waals surface area (Å²) in [5, 5.41) is 3.00. The third kappa shape index (κ3) is 1.81. The number of para-hydroxylation sites is 1. The largest absolute Gasteiger partial charge is 0.294 e. The number of aromatic amines is 1. The van der Waals surface area contributed by atoms with Gasteiger partial charge in [-0.05, 0) is 50.9 Å². The summed E-state index contributed by atoms with van der Waals surface area (Å²) in [7, 11) is 0. The van der Waals surface area contributed by atoms with Gasteiger partial charge in [-0.3, -0.25) is 9.89 Å². The van der Waals surface area contributed by atoms with Gasteiger partial charge in [0.1, 0.15) is 4.47 Å². The van der Waals surface area contributed by atoms with E-state index in [1.54, 1.807) is 0 Å². The Morgan fingerprint density at radius 3 is 2.47 bits per heavy atom. The van der Waals surface area contributed by atoms with Crippen molar-refractivity contribution in [3.63, 3.8) is 0 Å². The van der Waals surface area contributed by atoms with Gasteiger partial charge in [-0.1, -0.05) is 12.1 Å². The summed E-state index contributed by atoms with van der Waals surface area (Å²) in [6.45, 7) is 1.85. The van der Waals surface area contributed by atoms with E-state index < -0.39 is 0 Å². The number of nitrogens with zero attached hydrogens (tertiary/aromatic N) is 1. The Balaban J connectivity index is 2.70. The molecule has 2 aromatic rings.